The van der Waals surface area contributed by atoms with Crippen molar-refractivity contribution in [2.75, 3.05) is 75.5 Å². The van der Waals surface area contributed by atoms with Crippen molar-refractivity contribution in [1.29, 1.82) is 0 Å². The Morgan fingerprint density at radius 3 is 1.72 bits per heavy atom. The van der Waals surface area contributed by atoms with E-state index < -0.39 is 150 Å². The van der Waals surface area contributed by atoms with E-state index in [9.17, 15) is 46.7 Å². The van der Waals surface area contributed by atoms with Crippen LogP contribution in [-0.2, 0) is 71.8 Å². The average Bonchev–Trinajstić information content (AvgIpc) is 1.73. The van der Waals surface area contributed by atoms with Gasteiger partial charge in [-0.3, -0.25) is 52.7 Å². The van der Waals surface area contributed by atoms with E-state index in [0.29, 0.717) is 54.7 Å². The number of fused-ring (bicyclic) bond motifs is 1. The summed E-state index contributed by atoms with van der Waals surface area (Å²) in [6.07, 6.45) is -1.10. The van der Waals surface area contributed by atoms with Gasteiger partial charge in [0.1, 0.15) is 41.8 Å². The molecule has 0 bridgehead atoms. The maximum atomic E-state index is 15.4. The monoisotopic (exact) mass is 1350 g/mol. The summed E-state index contributed by atoms with van der Waals surface area (Å²) in [5, 5.41) is 9.11. The first-order chi connectivity index (χ1) is 44.4. The minimum absolute atomic E-state index is 0.0285. The van der Waals surface area contributed by atoms with E-state index in [1.807, 2.05) is 34.6 Å². The predicted molar refractivity (Wildman–Crippen MR) is 354 cm³/mol. The van der Waals surface area contributed by atoms with Crippen LogP contribution in [0.3, 0.4) is 0 Å². The lowest BCUT2D eigenvalue weighted by atomic mass is 9.90. The van der Waals surface area contributed by atoms with Crippen LogP contribution in [0.2, 0.25) is 5.02 Å². The SMILES string of the molecule is CC[C@H](C)[C@@H]1NC(=O)[C@H](C(C)C)N(C)C(=O)C[C@H]2CCCCN2C(=O)[C@H](CC(C)C)N(C)C(=O)C2(CCCC2)NC(=O)[C@@H](CC(C)C)N(C)C(=O)[C@H](CCc2ccc(C(F)(F)F)cc2)NC(=O)CN(C)C(=O)[C@H](Cc2ccc(Cl)cc2)N(C)C(=O)CN(C)C(=O)CN(C)C1=O. The van der Waals surface area contributed by atoms with Gasteiger partial charge in [0, 0.05) is 79.8 Å². The first-order valence-corrected chi connectivity index (χ1v) is 33.7. The second kappa shape index (κ2) is 34.6. The third-order valence-corrected chi connectivity index (χ3v) is 19.3. The molecule has 2 aliphatic heterocycles. The molecule has 1 aliphatic carbocycles. The van der Waals surface area contributed by atoms with Gasteiger partial charge >= 0.3 is 6.18 Å². The molecule has 1 spiro atoms. The van der Waals surface area contributed by atoms with Crippen molar-refractivity contribution >= 4 is 76.6 Å². The van der Waals surface area contributed by atoms with Crippen molar-refractivity contribution in [2.24, 2.45) is 23.7 Å². The number of alkyl halides is 3. The fraction of sp³-hybridized carbons (Fsp3) is 0.667. The number of hydrogen-bond donors (Lipinski definition) is 3. The minimum atomic E-state index is -4.63. The summed E-state index contributed by atoms with van der Waals surface area (Å²) < 4.78 is 41.0. The lowest BCUT2D eigenvalue weighted by Crippen LogP contribution is -2.65. The highest BCUT2D eigenvalue weighted by molar-refractivity contribution is 6.30. The van der Waals surface area contributed by atoms with Gasteiger partial charge in [0.2, 0.25) is 65.0 Å². The minimum Gasteiger partial charge on any atom is -0.343 e. The second-order valence-corrected chi connectivity index (χ2v) is 28.2. The van der Waals surface area contributed by atoms with E-state index in [0.717, 1.165) is 31.7 Å². The van der Waals surface area contributed by atoms with Crippen LogP contribution in [0.4, 0.5) is 13.2 Å². The Balaban J connectivity index is 1.61. The molecule has 8 atom stereocenters. The maximum absolute atomic E-state index is 15.4. The molecule has 0 radical (unpaired) electrons. The number of benzene rings is 2. The highest BCUT2D eigenvalue weighted by Gasteiger charge is 2.49. The maximum Gasteiger partial charge on any atom is 0.416 e. The molecule has 22 nitrogen and oxygen atoms in total. The van der Waals surface area contributed by atoms with Crippen LogP contribution in [-0.4, -0.2) is 228 Å². The molecular formula is C69H103ClF3N11O11. The smallest absolute Gasteiger partial charge is 0.343 e. The average molecular weight is 1360 g/mol. The number of halogens is 4. The normalized spacial score (nSPS) is 24.7. The molecule has 95 heavy (non-hydrogen) atoms. The van der Waals surface area contributed by atoms with Gasteiger partial charge in [-0.15, -0.1) is 0 Å². The fourth-order valence-electron chi connectivity index (χ4n) is 13.0. The van der Waals surface area contributed by atoms with Crippen LogP contribution in [0.5, 0.6) is 0 Å². The molecule has 3 N–H and O–H groups in total. The fourth-order valence-corrected chi connectivity index (χ4v) is 13.2. The number of piperidine rings is 1. The standard InChI is InChI=1S/C69H103ClF3N11O11/c1-16-45(8)59-66(94)79(11)40-57(87)77(9)41-58(88)80(12)54(37-47-24-29-49(70)30-25-47)64(92)78(10)39-55(85)74-51(31-26-46-22-27-48(28-23-46)69(71,72)73)63(91)81(13)52(35-42(2)3)61(89)76-68(32-18-19-33-68)67(95)82(14)53(36-43(4)5)65(93)84-34-20-17-21-50(84)38-56(86)83(15)60(44(6)7)62(90)75-59/h22-25,27-30,42-45,50-54,59-60H,16-21,26,31-41H2,1-15H3,(H,74,85)(H,75,90)(H,76,89)/t45-,50+,51-,52+,53-,54-,59-,60-/m0/s1. The van der Waals surface area contributed by atoms with Crippen molar-refractivity contribution in [3.63, 3.8) is 0 Å². The van der Waals surface area contributed by atoms with E-state index in [-0.39, 0.29) is 75.7 Å². The van der Waals surface area contributed by atoms with E-state index in [4.69, 9.17) is 11.6 Å². The third-order valence-electron chi connectivity index (χ3n) is 19.0. The van der Waals surface area contributed by atoms with Crippen LogP contribution in [0, 0.1) is 23.7 Å². The van der Waals surface area contributed by atoms with Gasteiger partial charge in [-0.2, -0.15) is 13.2 Å². The molecule has 1 saturated carbocycles. The van der Waals surface area contributed by atoms with Crippen LogP contribution in [0.25, 0.3) is 0 Å². The Morgan fingerprint density at radius 2 is 1.15 bits per heavy atom. The number of likely N-dealkylation sites (N-methyl/N-ethyl adjacent to an activating group) is 7. The summed E-state index contributed by atoms with van der Waals surface area (Å²) in [6.45, 7) is 13.2. The number of rotatable bonds is 12. The molecule has 3 aliphatic rings. The quantitative estimate of drug-likeness (QED) is 0.216. The van der Waals surface area contributed by atoms with Gasteiger partial charge in [0.05, 0.1) is 25.2 Å². The molecule has 26 heteroatoms. The summed E-state index contributed by atoms with van der Waals surface area (Å²) in [6, 6.07) is 2.92. The number of aryl methyl sites for hydroxylation is 1. The first-order valence-electron chi connectivity index (χ1n) is 33.3. The van der Waals surface area contributed by atoms with Gasteiger partial charge in [-0.25, -0.2) is 0 Å². The molecule has 3 fully saturated rings. The van der Waals surface area contributed by atoms with Gasteiger partial charge in [-0.05, 0) is 117 Å². The Labute approximate surface area is 564 Å². The zero-order valence-corrected chi connectivity index (χ0v) is 59.0. The number of amides is 11. The third kappa shape index (κ3) is 20.8. The van der Waals surface area contributed by atoms with E-state index in [2.05, 4.69) is 16.0 Å². The predicted octanol–water partition coefficient (Wildman–Crippen LogP) is 6.20. The van der Waals surface area contributed by atoms with E-state index >= 15 is 19.2 Å². The van der Waals surface area contributed by atoms with Gasteiger partial charge in [-0.1, -0.05) is 111 Å². The zero-order valence-electron chi connectivity index (χ0n) is 58.3. The number of carbonyl (C=O) groups excluding carboxylic acids is 11. The topological polar surface area (TPSA) is 250 Å². The summed E-state index contributed by atoms with van der Waals surface area (Å²) in [5.74, 6) is -8.20. The highest BCUT2D eigenvalue weighted by atomic mass is 35.5. The zero-order chi connectivity index (χ0) is 71.1. The van der Waals surface area contributed by atoms with Crippen molar-refractivity contribution < 1.29 is 65.9 Å². The molecular weight excluding hydrogens is 1250 g/mol. The number of carbonyl (C=O) groups is 11. The van der Waals surface area contributed by atoms with Crippen LogP contribution in [0.1, 0.15) is 149 Å². The van der Waals surface area contributed by atoms with Gasteiger partial charge in [0.25, 0.3) is 0 Å². The Kier molecular flexibility index (Phi) is 28.5. The molecule has 11 amide bonds. The Hall–Kier alpha value is -7.31. The van der Waals surface area contributed by atoms with Gasteiger partial charge < -0.3 is 55.1 Å². The van der Waals surface area contributed by atoms with E-state index in [1.54, 1.807) is 49.9 Å². The van der Waals surface area contributed by atoms with Crippen molar-refractivity contribution in [1.82, 2.24) is 55.1 Å². The summed E-state index contributed by atoms with van der Waals surface area (Å²) in [7, 11) is 9.86. The number of nitrogens with one attached hydrogen (secondary N) is 3. The molecule has 5 rings (SSSR count). The highest BCUT2D eigenvalue weighted by Crippen LogP contribution is 2.35. The van der Waals surface area contributed by atoms with Crippen molar-refractivity contribution in [2.45, 2.75) is 199 Å². The largest absolute Gasteiger partial charge is 0.416 e. The van der Waals surface area contributed by atoms with E-state index in [1.165, 1.54) is 76.2 Å². The summed E-state index contributed by atoms with van der Waals surface area (Å²) in [4.78, 5) is 172. The molecule has 0 aromatic heterocycles. The summed E-state index contributed by atoms with van der Waals surface area (Å²) in [5.41, 5.74) is -1.46. The number of hydrogen-bond acceptors (Lipinski definition) is 11. The second-order valence-electron chi connectivity index (χ2n) is 27.7. The molecule has 2 heterocycles. The molecule has 2 saturated heterocycles. The van der Waals surface area contributed by atoms with Gasteiger partial charge in [0.15, 0.2) is 0 Å². The molecule has 2 aromatic rings. The van der Waals surface area contributed by atoms with Crippen molar-refractivity contribution in [3.8, 4) is 0 Å². The molecule has 2 aromatic carbocycles. The molecule has 0 unspecified atom stereocenters. The van der Waals surface area contributed by atoms with Crippen LogP contribution < -0.4 is 16.0 Å². The Morgan fingerprint density at radius 1 is 0.579 bits per heavy atom. The molecule has 528 valence electrons. The van der Waals surface area contributed by atoms with Crippen molar-refractivity contribution in [3.05, 3.63) is 70.2 Å². The Bertz CT molecular complexity index is 3040. The summed E-state index contributed by atoms with van der Waals surface area (Å²) >= 11 is 6.23. The lowest BCUT2D eigenvalue weighted by molar-refractivity contribution is -0.153. The lowest BCUT2D eigenvalue weighted by Gasteiger charge is -2.43. The van der Waals surface area contributed by atoms with Crippen LogP contribution in [0.15, 0.2) is 48.5 Å². The van der Waals surface area contributed by atoms with Crippen LogP contribution >= 0.6 is 11.6 Å². The number of nitrogens with zero attached hydrogens (tertiary/aromatic N) is 8. The first kappa shape index (κ1) is 78.4.